The first kappa shape index (κ1) is 13.7. The van der Waals surface area contributed by atoms with E-state index in [-0.39, 0.29) is 11.4 Å². The molecule has 19 heavy (non-hydrogen) atoms. The Bertz CT molecular complexity index is 614. The zero-order chi connectivity index (χ0) is 13.8. The minimum atomic E-state index is -1.42. The molecule has 1 atom stereocenters. The standard InChI is InChI=1S/C12H11FN2O2S2/c13-9-4-3-8(14)6-10(9)15-11(16)7-19(17)12-2-1-5-18-12/h1-6H,7,14H2,(H,15,16). The molecule has 7 heteroatoms. The van der Waals surface area contributed by atoms with Gasteiger partial charge in [0.2, 0.25) is 5.91 Å². The van der Waals surface area contributed by atoms with E-state index in [1.54, 1.807) is 17.5 Å². The number of rotatable bonds is 4. The number of hydrogen-bond acceptors (Lipinski definition) is 4. The monoisotopic (exact) mass is 298 g/mol. The van der Waals surface area contributed by atoms with Crippen LogP contribution in [0.4, 0.5) is 15.8 Å². The summed E-state index contributed by atoms with van der Waals surface area (Å²) < 4.78 is 25.8. The van der Waals surface area contributed by atoms with E-state index in [4.69, 9.17) is 5.73 Å². The fourth-order valence-electron chi connectivity index (χ4n) is 1.41. The molecule has 0 aliphatic rings. The Morgan fingerprint density at radius 3 is 2.89 bits per heavy atom. The molecule has 2 rings (SSSR count). The quantitative estimate of drug-likeness (QED) is 0.850. The minimum Gasteiger partial charge on any atom is -0.399 e. The lowest BCUT2D eigenvalue weighted by molar-refractivity contribution is -0.113. The molecule has 100 valence electrons. The van der Waals surface area contributed by atoms with E-state index in [1.165, 1.54) is 29.5 Å². The highest BCUT2D eigenvalue weighted by Crippen LogP contribution is 2.18. The van der Waals surface area contributed by atoms with E-state index in [0.29, 0.717) is 9.90 Å². The van der Waals surface area contributed by atoms with Crippen molar-refractivity contribution in [1.29, 1.82) is 0 Å². The van der Waals surface area contributed by atoms with Crippen LogP contribution < -0.4 is 11.1 Å². The van der Waals surface area contributed by atoms with E-state index in [0.717, 1.165) is 0 Å². The van der Waals surface area contributed by atoms with Gasteiger partial charge in [0, 0.05) is 5.69 Å². The van der Waals surface area contributed by atoms with Crippen molar-refractivity contribution in [1.82, 2.24) is 0 Å². The largest absolute Gasteiger partial charge is 0.399 e. The average Bonchev–Trinajstić information content (AvgIpc) is 2.87. The second-order valence-corrected chi connectivity index (χ2v) is 6.34. The van der Waals surface area contributed by atoms with Crippen LogP contribution in [0.15, 0.2) is 39.9 Å². The Morgan fingerprint density at radius 1 is 1.42 bits per heavy atom. The number of nitrogens with two attached hydrogens (primary N) is 1. The zero-order valence-electron chi connectivity index (χ0n) is 9.76. The van der Waals surface area contributed by atoms with Gasteiger partial charge in [0.15, 0.2) is 0 Å². The molecule has 1 aromatic heterocycles. The van der Waals surface area contributed by atoms with Crippen LogP contribution in [0.1, 0.15) is 0 Å². The Morgan fingerprint density at radius 2 is 2.21 bits per heavy atom. The first-order valence-corrected chi connectivity index (χ1v) is 7.53. The van der Waals surface area contributed by atoms with Gasteiger partial charge in [-0.1, -0.05) is 6.07 Å². The predicted molar refractivity (Wildman–Crippen MR) is 75.0 cm³/mol. The van der Waals surface area contributed by atoms with E-state index in [1.807, 2.05) is 0 Å². The highest BCUT2D eigenvalue weighted by Gasteiger charge is 2.13. The third-order valence-corrected chi connectivity index (χ3v) is 4.86. The summed E-state index contributed by atoms with van der Waals surface area (Å²) in [5.74, 6) is -1.31. The second kappa shape index (κ2) is 5.94. The number of halogens is 1. The maximum atomic E-state index is 13.4. The summed E-state index contributed by atoms with van der Waals surface area (Å²) in [6, 6.07) is 7.33. The summed E-state index contributed by atoms with van der Waals surface area (Å²) in [7, 11) is -1.42. The van der Waals surface area contributed by atoms with Crippen LogP contribution in [0, 0.1) is 5.82 Å². The van der Waals surface area contributed by atoms with Crippen LogP contribution in [0.25, 0.3) is 0 Å². The van der Waals surface area contributed by atoms with Gasteiger partial charge in [0.05, 0.1) is 20.7 Å². The molecule has 0 saturated carbocycles. The Hall–Kier alpha value is -1.73. The summed E-state index contributed by atoms with van der Waals surface area (Å²) in [5, 5.41) is 4.14. The van der Waals surface area contributed by atoms with Crippen molar-refractivity contribution in [3.63, 3.8) is 0 Å². The molecule has 0 fully saturated rings. The highest BCUT2D eigenvalue weighted by atomic mass is 32.2. The lowest BCUT2D eigenvalue weighted by atomic mass is 10.2. The summed E-state index contributed by atoms with van der Waals surface area (Å²) in [6.45, 7) is 0. The highest BCUT2D eigenvalue weighted by molar-refractivity contribution is 7.88. The average molecular weight is 298 g/mol. The van der Waals surface area contributed by atoms with Crippen LogP contribution in [0.2, 0.25) is 0 Å². The lowest BCUT2D eigenvalue weighted by Gasteiger charge is -2.06. The van der Waals surface area contributed by atoms with Gasteiger partial charge < -0.3 is 11.1 Å². The number of amides is 1. The molecule has 0 saturated heterocycles. The number of anilines is 2. The second-order valence-electron chi connectivity index (χ2n) is 3.71. The number of thiophene rings is 1. The molecule has 3 N–H and O–H groups in total. The molecule has 1 heterocycles. The van der Waals surface area contributed by atoms with Crippen LogP contribution in [-0.2, 0) is 15.6 Å². The molecule has 0 spiro atoms. The topological polar surface area (TPSA) is 72.2 Å². The third kappa shape index (κ3) is 3.62. The van der Waals surface area contributed by atoms with Crippen molar-refractivity contribution < 1.29 is 13.4 Å². The Kier molecular flexibility index (Phi) is 4.28. The maximum Gasteiger partial charge on any atom is 0.237 e. The molecule has 1 aromatic carbocycles. The van der Waals surface area contributed by atoms with Gasteiger partial charge >= 0.3 is 0 Å². The Balaban J connectivity index is 2.02. The summed E-state index contributed by atoms with van der Waals surface area (Å²) in [4.78, 5) is 11.7. The molecule has 0 aliphatic heterocycles. The van der Waals surface area contributed by atoms with Crippen LogP contribution in [0.5, 0.6) is 0 Å². The smallest absolute Gasteiger partial charge is 0.237 e. The zero-order valence-corrected chi connectivity index (χ0v) is 11.4. The number of nitrogen functional groups attached to an aromatic ring is 1. The summed E-state index contributed by atoms with van der Waals surface area (Å²) in [5.41, 5.74) is 5.84. The van der Waals surface area contributed by atoms with Crippen molar-refractivity contribution in [3.8, 4) is 0 Å². The molecular formula is C12H11FN2O2S2. The van der Waals surface area contributed by atoms with Crippen LogP contribution in [-0.4, -0.2) is 15.9 Å². The molecule has 4 nitrogen and oxygen atoms in total. The number of hydrogen-bond donors (Lipinski definition) is 2. The summed E-state index contributed by atoms with van der Waals surface area (Å²) >= 11 is 1.31. The molecule has 1 amide bonds. The van der Waals surface area contributed by atoms with Crippen molar-refractivity contribution >= 4 is 39.4 Å². The predicted octanol–water partition coefficient (Wildman–Crippen LogP) is 2.22. The van der Waals surface area contributed by atoms with E-state index < -0.39 is 22.5 Å². The van der Waals surface area contributed by atoms with Crippen molar-refractivity contribution in [2.45, 2.75) is 4.21 Å². The first-order valence-electron chi connectivity index (χ1n) is 5.33. The molecule has 0 bridgehead atoms. The van der Waals surface area contributed by atoms with Crippen molar-refractivity contribution in [3.05, 3.63) is 41.5 Å². The lowest BCUT2D eigenvalue weighted by Crippen LogP contribution is -2.20. The van der Waals surface area contributed by atoms with Gasteiger partial charge in [-0.05, 0) is 29.6 Å². The van der Waals surface area contributed by atoms with Crippen molar-refractivity contribution in [2.75, 3.05) is 16.8 Å². The molecule has 0 aliphatic carbocycles. The fraction of sp³-hybridized carbons (Fsp3) is 0.0833. The van der Waals surface area contributed by atoms with Gasteiger partial charge in [-0.15, -0.1) is 11.3 Å². The molecule has 0 radical (unpaired) electrons. The van der Waals surface area contributed by atoms with E-state index in [2.05, 4.69) is 5.32 Å². The minimum absolute atomic E-state index is 0.00632. The van der Waals surface area contributed by atoms with Gasteiger partial charge in [0.1, 0.15) is 11.6 Å². The number of carbonyl (C=O) groups excluding carboxylic acids is 1. The van der Waals surface area contributed by atoms with Crippen molar-refractivity contribution in [2.24, 2.45) is 0 Å². The molecular weight excluding hydrogens is 287 g/mol. The Labute approximate surface area is 115 Å². The fourth-order valence-corrected chi connectivity index (χ4v) is 3.31. The van der Waals surface area contributed by atoms with E-state index in [9.17, 15) is 13.4 Å². The third-order valence-electron chi connectivity index (χ3n) is 2.25. The van der Waals surface area contributed by atoms with Crippen LogP contribution >= 0.6 is 11.3 Å². The van der Waals surface area contributed by atoms with E-state index >= 15 is 0 Å². The molecule has 1 unspecified atom stereocenters. The maximum absolute atomic E-state index is 13.4. The first-order chi connectivity index (χ1) is 9.06. The van der Waals surface area contributed by atoms with Gasteiger partial charge in [-0.25, -0.2) is 4.39 Å². The number of carbonyl (C=O) groups is 1. The normalized spacial score (nSPS) is 12.1. The number of nitrogens with one attached hydrogen (secondary N) is 1. The van der Waals surface area contributed by atoms with Crippen LogP contribution in [0.3, 0.4) is 0 Å². The van der Waals surface area contributed by atoms with Gasteiger partial charge in [-0.2, -0.15) is 0 Å². The van der Waals surface area contributed by atoms with Gasteiger partial charge in [0.25, 0.3) is 0 Å². The summed E-state index contributed by atoms with van der Waals surface area (Å²) in [6.07, 6.45) is 0. The van der Waals surface area contributed by atoms with Gasteiger partial charge in [-0.3, -0.25) is 9.00 Å². The SMILES string of the molecule is Nc1ccc(F)c(NC(=O)CS(=O)c2cccs2)c1. The molecule has 2 aromatic rings. The number of benzene rings is 1.